The smallest absolute Gasteiger partial charge is 0.271 e. The zero-order valence-corrected chi connectivity index (χ0v) is 18.5. The van der Waals surface area contributed by atoms with Gasteiger partial charge in [-0.15, -0.1) is 0 Å². The van der Waals surface area contributed by atoms with Gasteiger partial charge in [0, 0.05) is 63.3 Å². The van der Waals surface area contributed by atoms with E-state index in [1.165, 1.54) is 0 Å². The fourth-order valence-electron chi connectivity index (χ4n) is 4.02. The van der Waals surface area contributed by atoms with Crippen LogP contribution in [0.1, 0.15) is 19.8 Å². The molecular formula is C23H32N6O2. The molecule has 8 heteroatoms. The number of aromatic nitrogens is 2. The van der Waals surface area contributed by atoms with Crippen LogP contribution in [0.4, 0.5) is 11.5 Å². The molecule has 0 bridgehead atoms. The van der Waals surface area contributed by atoms with Gasteiger partial charge in [-0.05, 0) is 50.6 Å². The molecule has 3 N–H and O–H groups in total. The summed E-state index contributed by atoms with van der Waals surface area (Å²) in [7, 11) is 3.68. The molecule has 2 aromatic heterocycles. The van der Waals surface area contributed by atoms with Crippen LogP contribution in [0.3, 0.4) is 0 Å². The van der Waals surface area contributed by atoms with E-state index in [0.717, 1.165) is 36.3 Å². The minimum absolute atomic E-state index is 0.0232. The first-order valence-electron chi connectivity index (χ1n) is 10.8. The highest BCUT2D eigenvalue weighted by Crippen LogP contribution is 2.26. The Balaban J connectivity index is 1.84. The molecule has 1 amide bonds. The first-order valence-corrected chi connectivity index (χ1v) is 10.8. The average Bonchev–Trinajstić information content (AvgIpc) is 2.81. The maximum atomic E-state index is 12.7. The highest BCUT2D eigenvalue weighted by Gasteiger charge is 2.28. The number of carbonyl (C=O) groups excluding carboxylic acids is 1. The second-order valence-corrected chi connectivity index (χ2v) is 7.61. The van der Waals surface area contributed by atoms with Crippen LogP contribution in [-0.2, 0) is 4.79 Å². The Morgan fingerprint density at radius 3 is 2.94 bits per heavy atom. The molecule has 166 valence electrons. The summed E-state index contributed by atoms with van der Waals surface area (Å²) in [5.74, 6) is 0.792. The maximum Gasteiger partial charge on any atom is 0.271 e. The van der Waals surface area contributed by atoms with Gasteiger partial charge in [0.1, 0.15) is 11.5 Å². The average molecular weight is 425 g/mol. The third kappa shape index (κ3) is 5.52. The van der Waals surface area contributed by atoms with Crippen LogP contribution >= 0.6 is 0 Å². The van der Waals surface area contributed by atoms with Crippen molar-refractivity contribution in [3.8, 4) is 11.1 Å². The van der Waals surface area contributed by atoms with E-state index in [-0.39, 0.29) is 17.5 Å². The lowest BCUT2D eigenvalue weighted by atomic mass is 10.0. The van der Waals surface area contributed by atoms with Crippen LogP contribution in [-0.4, -0.2) is 67.1 Å². The fraction of sp³-hybridized carbons (Fsp3) is 0.435. The van der Waals surface area contributed by atoms with Gasteiger partial charge in [0.2, 0.25) is 5.91 Å². The van der Waals surface area contributed by atoms with Crippen LogP contribution in [0, 0.1) is 0 Å². The Morgan fingerprint density at radius 1 is 1.35 bits per heavy atom. The van der Waals surface area contributed by atoms with E-state index in [1.54, 1.807) is 18.5 Å². The molecule has 1 aliphatic heterocycles. The molecule has 1 aliphatic rings. The van der Waals surface area contributed by atoms with Crippen molar-refractivity contribution >= 4 is 17.4 Å². The summed E-state index contributed by atoms with van der Waals surface area (Å²) in [6.45, 7) is 4.76. The number of piperidine rings is 1. The second-order valence-electron chi connectivity index (χ2n) is 7.61. The Morgan fingerprint density at radius 2 is 2.19 bits per heavy atom. The van der Waals surface area contributed by atoms with E-state index in [9.17, 15) is 9.59 Å². The summed E-state index contributed by atoms with van der Waals surface area (Å²) >= 11 is 0. The van der Waals surface area contributed by atoms with Crippen LogP contribution in [0.2, 0.25) is 0 Å². The summed E-state index contributed by atoms with van der Waals surface area (Å²) < 4.78 is 0. The van der Waals surface area contributed by atoms with Crippen LogP contribution < -0.4 is 21.1 Å². The first kappa shape index (κ1) is 22.6. The van der Waals surface area contributed by atoms with Gasteiger partial charge in [0.05, 0.1) is 0 Å². The number of anilines is 2. The number of nitrogens with one attached hydrogen (secondary N) is 3. The molecule has 1 fully saturated rings. The number of pyridine rings is 2. The van der Waals surface area contributed by atoms with Gasteiger partial charge >= 0.3 is 0 Å². The van der Waals surface area contributed by atoms with Crippen molar-refractivity contribution in [2.75, 3.05) is 50.5 Å². The topological polar surface area (TPSA) is 93.4 Å². The third-order valence-electron chi connectivity index (χ3n) is 5.61. The lowest BCUT2D eigenvalue weighted by Crippen LogP contribution is -2.50. The number of rotatable bonds is 8. The fourth-order valence-corrected chi connectivity index (χ4v) is 4.02. The van der Waals surface area contributed by atoms with Crippen molar-refractivity contribution in [2.24, 2.45) is 0 Å². The molecule has 2 aromatic rings. The summed E-state index contributed by atoms with van der Waals surface area (Å²) in [6.07, 6.45) is 8.81. The van der Waals surface area contributed by atoms with Gasteiger partial charge in [0.25, 0.3) is 5.56 Å². The Hall–Kier alpha value is -3.13. The Labute approximate surface area is 183 Å². The van der Waals surface area contributed by atoms with E-state index < -0.39 is 0 Å². The van der Waals surface area contributed by atoms with E-state index in [4.69, 9.17) is 0 Å². The molecule has 1 saturated heterocycles. The number of likely N-dealkylation sites (N-methyl/N-ethyl adjacent to an activating group) is 2. The Bertz CT molecular complexity index is 971. The van der Waals surface area contributed by atoms with Gasteiger partial charge in [-0.25, -0.2) is 4.98 Å². The van der Waals surface area contributed by atoms with E-state index in [2.05, 4.69) is 25.5 Å². The second kappa shape index (κ2) is 10.8. The minimum Gasteiger partial charge on any atom is -0.373 e. The molecule has 0 aliphatic carbocycles. The number of aromatic amines is 1. The summed E-state index contributed by atoms with van der Waals surface area (Å²) in [5.41, 5.74) is 2.41. The van der Waals surface area contributed by atoms with Crippen LogP contribution in [0.5, 0.6) is 0 Å². The predicted molar refractivity (Wildman–Crippen MR) is 126 cm³/mol. The van der Waals surface area contributed by atoms with E-state index in [1.807, 2.05) is 50.2 Å². The van der Waals surface area contributed by atoms with Gasteiger partial charge < -0.3 is 25.4 Å². The molecule has 0 spiro atoms. The predicted octanol–water partition coefficient (Wildman–Crippen LogP) is 2.07. The van der Waals surface area contributed by atoms with Crippen molar-refractivity contribution in [3.63, 3.8) is 0 Å². The molecule has 1 atom stereocenters. The molecule has 31 heavy (non-hydrogen) atoms. The zero-order chi connectivity index (χ0) is 22.2. The van der Waals surface area contributed by atoms with Gasteiger partial charge in [-0.2, -0.15) is 0 Å². The first-order chi connectivity index (χ1) is 15.1. The number of amides is 1. The quantitative estimate of drug-likeness (QED) is 0.562. The van der Waals surface area contributed by atoms with Crippen LogP contribution in [0.15, 0.2) is 47.5 Å². The highest BCUT2D eigenvalue weighted by molar-refractivity contribution is 5.87. The van der Waals surface area contributed by atoms with Gasteiger partial charge in [0.15, 0.2) is 0 Å². The highest BCUT2D eigenvalue weighted by atomic mass is 16.2. The standard InChI is InChI=1S/C23H32N6O2/c1-4-29(19-7-6-12-28(16-19)22(30)8-5-10-24-2)20-13-18(15-27-23(20)31)17-9-11-26-21(14-17)25-3/h5,8-9,11,13-15,19,24H,4,6-7,10,12,16H2,1-3H3,(H,25,26)(H,27,31)/b8-5+/t19-/m0/s1. The largest absolute Gasteiger partial charge is 0.373 e. The minimum atomic E-state index is -0.120. The van der Waals surface area contributed by atoms with Crippen molar-refractivity contribution in [1.82, 2.24) is 20.2 Å². The van der Waals surface area contributed by atoms with Crippen molar-refractivity contribution < 1.29 is 4.79 Å². The number of carbonyl (C=O) groups is 1. The number of hydrogen-bond acceptors (Lipinski definition) is 6. The molecule has 0 aromatic carbocycles. The van der Waals surface area contributed by atoms with Crippen LogP contribution in [0.25, 0.3) is 11.1 Å². The zero-order valence-electron chi connectivity index (χ0n) is 18.5. The molecule has 0 saturated carbocycles. The van der Waals surface area contributed by atoms with Crippen molar-refractivity contribution in [3.05, 3.63) is 53.1 Å². The molecule has 3 rings (SSSR count). The number of likely N-dealkylation sites (tertiary alicyclic amines) is 1. The molecule has 3 heterocycles. The summed E-state index contributed by atoms with van der Waals surface area (Å²) in [6, 6.07) is 5.91. The lowest BCUT2D eigenvalue weighted by Gasteiger charge is -2.39. The Kier molecular flexibility index (Phi) is 7.83. The normalized spacial score (nSPS) is 16.5. The third-order valence-corrected chi connectivity index (χ3v) is 5.61. The van der Waals surface area contributed by atoms with E-state index in [0.29, 0.717) is 25.3 Å². The molecular weight excluding hydrogens is 392 g/mol. The van der Waals surface area contributed by atoms with Gasteiger partial charge in [-0.3, -0.25) is 9.59 Å². The summed E-state index contributed by atoms with van der Waals surface area (Å²) in [5, 5.41) is 6.05. The molecule has 0 radical (unpaired) electrons. The van der Waals surface area contributed by atoms with Crippen molar-refractivity contribution in [2.45, 2.75) is 25.8 Å². The number of nitrogens with zero attached hydrogens (tertiary/aromatic N) is 3. The SMILES string of the molecule is CCN(c1cc(-c2ccnc(NC)c2)c[nH]c1=O)[C@H]1CCCN(C(=O)/C=C/CNC)C1. The van der Waals surface area contributed by atoms with Crippen molar-refractivity contribution in [1.29, 1.82) is 0 Å². The number of H-pyrrole nitrogens is 1. The summed E-state index contributed by atoms with van der Waals surface area (Å²) in [4.78, 5) is 36.4. The molecule has 8 nitrogen and oxygen atoms in total. The lowest BCUT2D eigenvalue weighted by molar-refractivity contribution is -0.127. The van der Waals surface area contributed by atoms with Gasteiger partial charge in [-0.1, -0.05) is 6.08 Å². The molecule has 0 unspecified atom stereocenters. The number of hydrogen-bond donors (Lipinski definition) is 3. The van der Waals surface area contributed by atoms with E-state index >= 15 is 0 Å². The maximum absolute atomic E-state index is 12.7. The monoisotopic (exact) mass is 424 g/mol.